The summed E-state index contributed by atoms with van der Waals surface area (Å²) in [5, 5.41) is 12.6. The van der Waals surface area contributed by atoms with Crippen molar-refractivity contribution in [3.63, 3.8) is 0 Å². The van der Waals surface area contributed by atoms with Crippen LogP contribution in [0.4, 0.5) is 0 Å². The Balaban J connectivity index is 1.79. The Labute approximate surface area is 142 Å². The third-order valence-electron chi connectivity index (χ3n) is 3.91. The monoisotopic (exact) mass is 343 g/mol. The fourth-order valence-corrected chi connectivity index (χ4v) is 3.51. The number of aryl methyl sites for hydroxylation is 1. The first-order valence-electron chi connectivity index (χ1n) is 7.40. The molecule has 0 saturated heterocycles. The van der Waals surface area contributed by atoms with Gasteiger partial charge >= 0.3 is 0 Å². The van der Waals surface area contributed by atoms with Gasteiger partial charge in [0.1, 0.15) is 5.69 Å². The van der Waals surface area contributed by atoms with Crippen molar-refractivity contribution in [3.8, 4) is 0 Å². The largest absolute Gasteiger partial charge is 0.343 e. The van der Waals surface area contributed by atoms with E-state index in [0.717, 1.165) is 15.8 Å². The van der Waals surface area contributed by atoms with Crippen LogP contribution in [-0.4, -0.2) is 21.6 Å². The van der Waals surface area contributed by atoms with E-state index in [0.29, 0.717) is 10.6 Å². The molecule has 0 aliphatic carbocycles. The molecule has 2 heterocycles. The molecule has 0 fully saturated rings. The van der Waals surface area contributed by atoms with Crippen LogP contribution in [0, 0.1) is 0 Å². The number of nitrogens with one attached hydrogen (secondary N) is 2. The highest BCUT2D eigenvalue weighted by Crippen LogP contribution is 2.24. The highest BCUT2D eigenvalue weighted by molar-refractivity contribution is 7.14. The van der Waals surface area contributed by atoms with Crippen LogP contribution in [0.25, 0.3) is 10.9 Å². The van der Waals surface area contributed by atoms with E-state index in [1.54, 1.807) is 17.6 Å². The van der Waals surface area contributed by atoms with Crippen molar-refractivity contribution in [2.24, 2.45) is 7.05 Å². The van der Waals surface area contributed by atoms with Gasteiger partial charge in [-0.1, -0.05) is 18.2 Å². The molecule has 24 heavy (non-hydrogen) atoms. The highest BCUT2D eigenvalue weighted by atomic mass is 32.1. The predicted octanol–water partition coefficient (Wildman–Crippen LogP) is 2.85. The maximum absolute atomic E-state index is 12.6. The third-order valence-corrected chi connectivity index (χ3v) is 5.18. The fraction of sp³-hybridized carbons (Fsp3) is 0.176. The van der Waals surface area contributed by atoms with Gasteiger partial charge in [0.15, 0.2) is 0 Å². The lowest BCUT2D eigenvalue weighted by molar-refractivity contribution is 0.0711. The average molecular weight is 343 g/mol. The van der Waals surface area contributed by atoms with Crippen LogP contribution >= 0.6 is 11.3 Å². The van der Waals surface area contributed by atoms with E-state index in [1.807, 2.05) is 48.9 Å². The number of carbonyl (C=O) groups excluding carboxylic acids is 2. The zero-order valence-corrected chi connectivity index (χ0v) is 14.1. The van der Waals surface area contributed by atoms with Crippen molar-refractivity contribution in [2.45, 2.75) is 13.0 Å². The number of hydrogen-bond donors (Lipinski definition) is 3. The lowest BCUT2D eigenvalue weighted by atomic mass is 10.2. The molecule has 0 radical (unpaired) electrons. The summed E-state index contributed by atoms with van der Waals surface area (Å²) in [7, 11) is 1.86. The summed E-state index contributed by atoms with van der Waals surface area (Å²) in [6.07, 6.45) is 0. The number of hydrogen-bond acceptors (Lipinski definition) is 4. The molecule has 0 saturated carbocycles. The van der Waals surface area contributed by atoms with Crippen molar-refractivity contribution in [1.29, 1.82) is 0 Å². The van der Waals surface area contributed by atoms with Crippen molar-refractivity contribution in [1.82, 2.24) is 15.4 Å². The smallest absolute Gasteiger partial charge is 0.284 e. The first kappa shape index (κ1) is 16.2. The van der Waals surface area contributed by atoms with Gasteiger partial charge in [-0.15, -0.1) is 11.3 Å². The number of fused-ring (bicyclic) bond motifs is 1. The Bertz CT molecular complexity index is 913. The molecule has 0 aliphatic rings. The summed E-state index contributed by atoms with van der Waals surface area (Å²) in [5.74, 6) is -0.735. The SMILES string of the molecule is C[C@@H](NC(=O)c1cc2ccccc2n1C)c1ccc(C(=O)NO)s1. The van der Waals surface area contributed by atoms with Gasteiger partial charge < -0.3 is 9.88 Å². The number of thiophene rings is 1. The summed E-state index contributed by atoms with van der Waals surface area (Å²) < 4.78 is 1.86. The van der Waals surface area contributed by atoms with E-state index in [1.165, 1.54) is 11.3 Å². The number of rotatable bonds is 4. The summed E-state index contributed by atoms with van der Waals surface area (Å²) in [6.45, 7) is 1.85. The molecule has 0 aliphatic heterocycles. The Morgan fingerprint density at radius 2 is 1.92 bits per heavy atom. The van der Waals surface area contributed by atoms with Gasteiger partial charge in [0.2, 0.25) is 0 Å². The highest BCUT2D eigenvalue weighted by Gasteiger charge is 2.18. The number of benzene rings is 1. The van der Waals surface area contributed by atoms with Gasteiger partial charge in [-0.2, -0.15) is 0 Å². The van der Waals surface area contributed by atoms with Crippen LogP contribution in [0.5, 0.6) is 0 Å². The number of aromatic nitrogens is 1. The Morgan fingerprint density at radius 3 is 2.62 bits per heavy atom. The molecular formula is C17H17N3O3S. The number of para-hydroxylation sites is 1. The van der Waals surface area contributed by atoms with Crippen LogP contribution in [0.1, 0.15) is 38.0 Å². The van der Waals surface area contributed by atoms with E-state index in [-0.39, 0.29) is 11.9 Å². The summed E-state index contributed by atoms with van der Waals surface area (Å²) >= 11 is 1.23. The predicted molar refractivity (Wildman–Crippen MR) is 92.4 cm³/mol. The second kappa shape index (κ2) is 6.46. The first-order chi connectivity index (χ1) is 11.5. The molecule has 3 rings (SSSR count). The van der Waals surface area contributed by atoms with Crippen LogP contribution in [0.2, 0.25) is 0 Å². The third kappa shape index (κ3) is 2.91. The number of amides is 2. The van der Waals surface area contributed by atoms with E-state index >= 15 is 0 Å². The summed E-state index contributed by atoms with van der Waals surface area (Å²) in [6, 6.07) is 12.8. The van der Waals surface area contributed by atoms with E-state index < -0.39 is 5.91 Å². The molecule has 2 aromatic heterocycles. The molecule has 0 unspecified atom stereocenters. The van der Waals surface area contributed by atoms with Crippen LogP contribution in [0.15, 0.2) is 42.5 Å². The summed E-state index contributed by atoms with van der Waals surface area (Å²) in [4.78, 5) is 25.2. The molecule has 6 nitrogen and oxygen atoms in total. The van der Waals surface area contributed by atoms with Gasteiger partial charge in [0.05, 0.1) is 10.9 Å². The number of carbonyl (C=O) groups is 2. The molecule has 3 aromatic rings. The van der Waals surface area contributed by atoms with Gasteiger partial charge in [-0.05, 0) is 31.2 Å². The van der Waals surface area contributed by atoms with Gasteiger partial charge in [0.25, 0.3) is 11.8 Å². The summed E-state index contributed by atoms with van der Waals surface area (Å²) in [5.41, 5.74) is 3.17. The lowest BCUT2D eigenvalue weighted by Gasteiger charge is -2.12. The fourth-order valence-electron chi connectivity index (χ4n) is 2.61. The molecule has 124 valence electrons. The van der Waals surface area contributed by atoms with Crippen molar-refractivity contribution >= 4 is 34.1 Å². The Morgan fingerprint density at radius 1 is 1.17 bits per heavy atom. The van der Waals surface area contributed by atoms with Gasteiger partial charge in [0, 0.05) is 22.8 Å². The molecule has 1 aromatic carbocycles. The van der Waals surface area contributed by atoms with Crippen LogP contribution < -0.4 is 10.8 Å². The lowest BCUT2D eigenvalue weighted by Crippen LogP contribution is -2.27. The Kier molecular flexibility index (Phi) is 4.37. The molecular weight excluding hydrogens is 326 g/mol. The minimum atomic E-state index is -0.557. The van der Waals surface area contributed by atoms with E-state index in [2.05, 4.69) is 5.32 Å². The molecule has 7 heteroatoms. The molecule has 0 bridgehead atoms. The maximum atomic E-state index is 12.6. The van der Waals surface area contributed by atoms with Crippen molar-refractivity contribution in [2.75, 3.05) is 0 Å². The standard InChI is InChI=1S/C17H17N3O3S/c1-10(14-7-8-15(24-14)17(22)19-23)18-16(21)13-9-11-5-3-4-6-12(11)20(13)2/h3-10,23H,1-2H3,(H,18,21)(H,19,22)/t10-/m1/s1. The number of hydroxylamine groups is 1. The first-order valence-corrected chi connectivity index (χ1v) is 8.22. The topological polar surface area (TPSA) is 83.4 Å². The zero-order chi connectivity index (χ0) is 17.3. The van der Waals surface area contributed by atoms with Crippen molar-refractivity contribution in [3.05, 3.63) is 57.9 Å². The van der Waals surface area contributed by atoms with Crippen LogP contribution in [-0.2, 0) is 7.05 Å². The molecule has 0 spiro atoms. The van der Waals surface area contributed by atoms with E-state index in [9.17, 15) is 9.59 Å². The molecule has 2 amide bonds. The second-order valence-electron chi connectivity index (χ2n) is 5.49. The van der Waals surface area contributed by atoms with Gasteiger partial charge in [-0.25, -0.2) is 5.48 Å². The maximum Gasteiger partial charge on any atom is 0.284 e. The minimum Gasteiger partial charge on any atom is -0.343 e. The zero-order valence-electron chi connectivity index (χ0n) is 13.2. The molecule has 3 N–H and O–H groups in total. The second-order valence-corrected chi connectivity index (χ2v) is 6.60. The Hall–Kier alpha value is -2.64. The van der Waals surface area contributed by atoms with Crippen molar-refractivity contribution < 1.29 is 14.8 Å². The van der Waals surface area contributed by atoms with E-state index in [4.69, 9.17) is 5.21 Å². The average Bonchev–Trinajstić information content (AvgIpc) is 3.20. The number of nitrogens with zero attached hydrogens (tertiary/aromatic N) is 1. The van der Waals surface area contributed by atoms with Gasteiger partial charge in [-0.3, -0.25) is 14.8 Å². The minimum absolute atomic E-state index is 0.178. The van der Waals surface area contributed by atoms with Crippen LogP contribution in [0.3, 0.4) is 0 Å². The molecule has 1 atom stereocenters. The quantitative estimate of drug-likeness (QED) is 0.503. The normalized spacial score (nSPS) is 12.1.